The molecule has 0 saturated heterocycles. The summed E-state index contributed by atoms with van der Waals surface area (Å²) in [7, 11) is 0. The third kappa shape index (κ3) is 5.43. The summed E-state index contributed by atoms with van der Waals surface area (Å²) in [5.74, 6) is 0.715. The highest BCUT2D eigenvalue weighted by Gasteiger charge is 2.15. The van der Waals surface area contributed by atoms with Gasteiger partial charge in [-0.05, 0) is 69.4 Å². The van der Waals surface area contributed by atoms with Gasteiger partial charge in [-0.15, -0.1) is 21.6 Å². The largest absolute Gasteiger partial charge is 0.369 e. The Morgan fingerprint density at radius 2 is 1.83 bits per heavy atom. The monoisotopic (exact) mass is 407 g/mol. The molecule has 1 aromatic heterocycles. The molecule has 0 spiro atoms. The van der Waals surface area contributed by atoms with E-state index in [4.69, 9.17) is 0 Å². The first-order chi connectivity index (χ1) is 13.8. The summed E-state index contributed by atoms with van der Waals surface area (Å²) in [6.45, 7) is 13.8. The van der Waals surface area contributed by atoms with E-state index in [0.717, 1.165) is 17.8 Å². The van der Waals surface area contributed by atoms with Gasteiger partial charge in [0.25, 0.3) is 0 Å². The van der Waals surface area contributed by atoms with Crippen LogP contribution in [0.5, 0.6) is 0 Å². The molecule has 0 radical (unpaired) electrons. The standard InChI is InChI=1S/C23H29N5S/c1-7-16(4)10-11-28(15(2)3)19-8-9-21(17(5)12-19)26-27-23-20(13-24)18(6)22(14-25)29-23/h8-9,12,15-16H,7,10-11H2,1-6H3. The second kappa shape index (κ2) is 10.2. The highest BCUT2D eigenvalue weighted by molar-refractivity contribution is 7.16. The molecular formula is C23H29N5S. The molecule has 29 heavy (non-hydrogen) atoms. The molecular weight excluding hydrogens is 378 g/mol. The van der Waals surface area contributed by atoms with Crippen LogP contribution >= 0.6 is 11.3 Å². The van der Waals surface area contributed by atoms with Gasteiger partial charge < -0.3 is 4.90 Å². The maximum absolute atomic E-state index is 9.36. The van der Waals surface area contributed by atoms with Crippen molar-refractivity contribution < 1.29 is 0 Å². The first kappa shape index (κ1) is 22.6. The summed E-state index contributed by atoms with van der Waals surface area (Å²) < 4.78 is 0. The zero-order valence-electron chi connectivity index (χ0n) is 18.2. The second-order valence-corrected chi connectivity index (χ2v) is 8.72. The van der Waals surface area contributed by atoms with Crippen LogP contribution in [0.15, 0.2) is 28.4 Å². The molecule has 0 fully saturated rings. The lowest BCUT2D eigenvalue weighted by molar-refractivity contribution is 0.499. The van der Waals surface area contributed by atoms with Crippen molar-refractivity contribution in [1.82, 2.24) is 0 Å². The normalized spacial score (nSPS) is 12.2. The van der Waals surface area contributed by atoms with Gasteiger partial charge in [0.05, 0.1) is 11.3 Å². The van der Waals surface area contributed by atoms with Gasteiger partial charge in [-0.2, -0.15) is 10.5 Å². The maximum atomic E-state index is 9.36. The van der Waals surface area contributed by atoms with Crippen LogP contribution in [-0.4, -0.2) is 12.6 Å². The number of anilines is 1. The van der Waals surface area contributed by atoms with Crippen molar-refractivity contribution in [2.24, 2.45) is 16.1 Å². The van der Waals surface area contributed by atoms with Crippen molar-refractivity contribution in [3.8, 4) is 12.1 Å². The van der Waals surface area contributed by atoms with E-state index in [1.54, 1.807) is 6.92 Å². The van der Waals surface area contributed by atoms with E-state index in [0.29, 0.717) is 33.0 Å². The Bertz CT molecular complexity index is 959. The third-order valence-electron chi connectivity index (χ3n) is 5.29. The lowest BCUT2D eigenvalue weighted by Gasteiger charge is -2.30. The van der Waals surface area contributed by atoms with Crippen LogP contribution in [0.3, 0.4) is 0 Å². The predicted octanol–water partition coefficient (Wildman–Crippen LogP) is 7.17. The fourth-order valence-corrected chi connectivity index (χ4v) is 3.96. The molecule has 0 aliphatic rings. The predicted molar refractivity (Wildman–Crippen MR) is 120 cm³/mol. The van der Waals surface area contributed by atoms with E-state index in [1.165, 1.54) is 29.9 Å². The van der Waals surface area contributed by atoms with Crippen molar-refractivity contribution in [2.45, 2.75) is 60.4 Å². The highest BCUT2D eigenvalue weighted by atomic mass is 32.1. The number of nitriles is 2. The fraction of sp³-hybridized carbons (Fsp3) is 0.478. The van der Waals surface area contributed by atoms with Crippen molar-refractivity contribution in [3.63, 3.8) is 0 Å². The van der Waals surface area contributed by atoms with E-state index in [-0.39, 0.29) is 0 Å². The maximum Gasteiger partial charge on any atom is 0.158 e. The Morgan fingerprint density at radius 1 is 1.10 bits per heavy atom. The van der Waals surface area contributed by atoms with Crippen LogP contribution in [0.25, 0.3) is 0 Å². The second-order valence-electron chi connectivity index (χ2n) is 7.72. The molecule has 0 saturated carbocycles. The quantitative estimate of drug-likeness (QED) is 0.435. The van der Waals surface area contributed by atoms with Gasteiger partial charge in [0.15, 0.2) is 5.00 Å². The Balaban J connectivity index is 2.26. The van der Waals surface area contributed by atoms with Gasteiger partial charge in [-0.25, -0.2) is 0 Å². The topological polar surface area (TPSA) is 75.5 Å². The molecule has 0 aliphatic carbocycles. The Kier molecular flexibility index (Phi) is 7.93. The van der Waals surface area contributed by atoms with Crippen LogP contribution in [0, 0.1) is 42.4 Å². The van der Waals surface area contributed by atoms with Gasteiger partial charge in [-0.3, -0.25) is 0 Å². The molecule has 152 valence electrons. The Labute approximate surface area is 178 Å². The van der Waals surface area contributed by atoms with Crippen molar-refractivity contribution in [1.29, 1.82) is 10.5 Å². The number of hydrogen-bond donors (Lipinski definition) is 0. The molecule has 2 aromatic rings. The summed E-state index contributed by atoms with van der Waals surface area (Å²) in [5.41, 5.74) is 4.10. The molecule has 6 heteroatoms. The van der Waals surface area contributed by atoms with Gasteiger partial charge >= 0.3 is 0 Å². The summed E-state index contributed by atoms with van der Waals surface area (Å²) in [6, 6.07) is 10.9. The number of azo groups is 1. The van der Waals surface area contributed by atoms with Crippen LogP contribution in [0.1, 0.15) is 62.1 Å². The number of benzene rings is 1. The lowest BCUT2D eigenvalue weighted by Crippen LogP contribution is -2.32. The van der Waals surface area contributed by atoms with Crippen LogP contribution in [0.4, 0.5) is 16.4 Å². The lowest BCUT2D eigenvalue weighted by atomic mass is 10.0. The minimum Gasteiger partial charge on any atom is -0.369 e. The smallest absolute Gasteiger partial charge is 0.158 e. The van der Waals surface area contributed by atoms with E-state index in [1.807, 2.05) is 13.0 Å². The van der Waals surface area contributed by atoms with Crippen LogP contribution in [0.2, 0.25) is 0 Å². The van der Waals surface area contributed by atoms with Gasteiger partial charge in [0, 0.05) is 18.3 Å². The number of aryl methyl sites for hydroxylation is 1. The van der Waals surface area contributed by atoms with E-state index >= 15 is 0 Å². The highest BCUT2D eigenvalue weighted by Crippen LogP contribution is 2.36. The minimum atomic E-state index is 0.419. The third-order valence-corrected chi connectivity index (χ3v) is 6.37. The molecule has 0 bridgehead atoms. The molecule has 2 rings (SSSR count). The van der Waals surface area contributed by atoms with Crippen molar-refractivity contribution in [3.05, 3.63) is 39.8 Å². The number of thiophene rings is 1. The first-order valence-electron chi connectivity index (χ1n) is 10.0. The molecule has 1 aromatic carbocycles. The van der Waals surface area contributed by atoms with E-state index in [9.17, 15) is 10.5 Å². The Morgan fingerprint density at radius 3 is 2.38 bits per heavy atom. The molecule has 0 amide bonds. The van der Waals surface area contributed by atoms with Crippen molar-refractivity contribution in [2.75, 3.05) is 11.4 Å². The van der Waals surface area contributed by atoms with Gasteiger partial charge in [0.2, 0.25) is 0 Å². The molecule has 1 heterocycles. The molecule has 0 aliphatic heterocycles. The molecule has 1 unspecified atom stereocenters. The van der Waals surface area contributed by atoms with Gasteiger partial charge in [0.1, 0.15) is 17.0 Å². The summed E-state index contributed by atoms with van der Waals surface area (Å²) >= 11 is 1.21. The molecule has 1 atom stereocenters. The number of rotatable bonds is 8. The van der Waals surface area contributed by atoms with E-state index in [2.05, 4.69) is 67.1 Å². The van der Waals surface area contributed by atoms with Crippen LogP contribution < -0.4 is 4.90 Å². The van der Waals surface area contributed by atoms with Crippen LogP contribution in [-0.2, 0) is 0 Å². The fourth-order valence-electron chi connectivity index (χ4n) is 3.09. The molecule has 5 nitrogen and oxygen atoms in total. The van der Waals surface area contributed by atoms with Crippen molar-refractivity contribution >= 4 is 27.7 Å². The zero-order valence-corrected chi connectivity index (χ0v) is 19.0. The number of nitrogens with zero attached hydrogens (tertiary/aromatic N) is 5. The summed E-state index contributed by atoms with van der Waals surface area (Å²) in [5, 5.41) is 27.7. The average Bonchev–Trinajstić information content (AvgIpc) is 3.01. The summed E-state index contributed by atoms with van der Waals surface area (Å²) in [4.78, 5) is 2.94. The Hall–Kier alpha value is -2.70. The summed E-state index contributed by atoms with van der Waals surface area (Å²) in [6.07, 6.45) is 2.37. The van der Waals surface area contributed by atoms with Gasteiger partial charge in [-0.1, -0.05) is 20.3 Å². The average molecular weight is 408 g/mol. The SMILES string of the molecule is CCC(C)CCN(c1ccc(N=Nc2sc(C#N)c(C)c2C#N)c(C)c1)C(C)C. The first-order valence-corrected chi connectivity index (χ1v) is 10.9. The van der Waals surface area contributed by atoms with E-state index < -0.39 is 0 Å². The minimum absolute atomic E-state index is 0.419. The number of hydrogen-bond acceptors (Lipinski definition) is 6. The zero-order chi connectivity index (χ0) is 21.6. The molecule has 0 N–H and O–H groups in total.